The standard InChI is InChI=1S/C30H27N3O5/c1-20-10-8-9-15-25(20)33-28(31-32-30(33)36)23-16-24(29(34)35)27(38-19-22-13-6-3-7-14-22)17-26(23)37-18-21-11-4-2-5-12-21/h2,4-6,8-17H,3,7,18-19H2,1H3,(H,32,36)(H,34,35). The van der Waals surface area contributed by atoms with E-state index in [0.29, 0.717) is 17.0 Å². The van der Waals surface area contributed by atoms with Gasteiger partial charge < -0.3 is 14.6 Å². The third-order valence-electron chi connectivity index (χ3n) is 6.29. The number of hydrogen-bond acceptors (Lipinski definition) is 5. The topological polar surface area (TPSA) is 106 Å². The third kappa shape index (κ3) is 5.29. The quantitative estimate of drug-likeness (QED) is 0.310. The largest absolute Gasteiger partial charge is 0.488 e. The predicted octanol–water partition coefficient (Wildman–Crippen LogP) is 5.47. The lowest BCUT2D eigenvalue weighted by Crippen LogP contribution is -2.17. The molecule has 1 aliphatic carbocycles. The van der Waals surface area contributed by atoms with Crippen LogP contribution in [0.2, 0.25) is 0 Å². The van der Waals surface area contributed by atoms with Crippen LogP contribution in [0.1, 0.15) is 34.3 Å². The zero-order valence-electron chi connectivity index (χ0n) is 20.9. The second kappa shape index (κ2) is 11.0. The summed E-state index contributed by atoms with van der Waals surface area (Å²) in [6, 6.07) is 20.0. The normalized spacial score (nSPS) is 12.7. The monoisotopic (exact) mass is 509 g/mol. The highest BCUT2D eigenvalue weighted by Gasteiger charge is 2.23. The first-order valence-electron chi connectivity index (χ1n) is 12.3. The zero-order chi connectivity index (χ0) is 26.5. The molecule has 5 rings (SSSR count). The number of para-hydroxylation sites is 1. The van der Waals surface area contributed by atoms with Gasteiger partial charge in [-0.3, -0.25) is 0 Å². The molecule has 0 radical (unpaired) electrons. The molecule has 192 valence electrons. The average molecular weight is 510 g/mol. The summed E-state index contributed by atoms with van der Waals surface area (Å²) in [5.41, 5.74) is 3.24. The van der Waals surface area contributed by atoms with Crippen molar-refractivity contribution >= 4 is 5.97 Å². The van der Waals surface area contributed by atoms with Crippen LogP contribution in [0, 0.1) is 6.92 Å². The third-order valence-corrected chi connectivity index (χ3v) is 6.29. The van der Waals surface area contributed by atoms with Gasteiger partial charge in [0.05, 0.1) is 11.3 Å². The van der Waals surface area contributed by atoms with E-state index in [1.807, 2.05) is 61.5 Å². The van der Waals surface area contributed by atoms with Gasteiger partial charge in [-0.15, -0.1) is 0 Å². The second-order valence-electron chi connectivity index (χ2n) is 8.95. The number of hydrogen-bond donors (Lipinski definition) is 2. The molecule has 0 unspecified atom stereocenters. The number of aromatic amines is 1. The second-order valence-corrected chi connectivity index (χ2v) is 8.95. The highest BCUT2D eigenvalue weighted by atomic mass is 16.5. The number of carboxylic acid groups (broad SMARTS) is 1. The molecule has 38 heavy (non-hydrogen) atoms. The molecule has 0 saturated heterocycles. The number of aryl methyl sites for hydroxylation is 1. The number of allylic oxidation sites excluding steroid dienone is 2. The minimum absolute atomic E-state index is 0.0563. The molecule has 0 amide bonds. The van der Waals surface area contributed by atoms with Crippen molar-refractivity contribution in [2.24, 2.45) is 0 Å². The number of carbonyl (C=O) groups is 1. The highest BCUT2D eigenvalue weighted by Crippen LogP contribution is 2.37. The summed E-state index contributed by atoms with van der Waals surface area (Å²) >= 11 is 0. The molecule has 4 aromatic rings. The van der Waals surface area contributed by atoms with Gasteiger partial charge in [-0.25, -0.2) is 19.3 Å². The molecule has 0 saturated carbocycles. The lowest BCUT2D eigenvalue weighted by molar-refractivity contribution is 0.0692. The molecular weight excluding hydrogens is 482 g/mol. The Hall–Kier alpha value is -4.85. The number of ether oxygens (including phenoxy) is 2. The van der Waals surface area contributed by atoms with Gasteiger partial charge in [0.1, 0.15) is 30.3 Å². The van der Waals surface area contributed by atoms with E-state index in [4.69, 9.17) is 9.47 Å². The maximum absolute atomic E-state index is 12.9. The van der Waals surface area contributed by atoms with Crippen molar-refractivity contribution in [1.82, 2.24) is 14.8 Å². The molecule has 1 heterocycles. The predicted molar refractivity (Wildman–Crippen MR) is 144 cm³/mol. The van der Waals surface area contributed by atoms with Crippen molar-refractivity contribution in [2.75, 3.05) is 6.61 Å². The van der Waals surface area contributed by atoms with Crippen LogP contribution in [0.25, 0.3) is 17.1 Å². The van der Waals surface area contributed by atoms with E-state index in [0.717, 1.165) is 29.5 Å². The van der Waals surface area contributed by atoms with E-state index in [2.05, 4.69) is 22.3 Å². The van der Waals surface area contributed by atoms with E-state index in [-0.39, 0.29) is 30.4 Å². The Labute approximate surface area is 219 Å². The summed E-state index contributed by atoms with van der Waals surface area (Å²) in [5, 5.41) is 16.8. The van der Waals surface area contributed by atoms with Gasteiger partial charge in [-0.05, 0) is 48.6 Å². The van der Waals surface area contributed by atoms with Gasteiger partial charge in [-0.1, -0.05) is 66.8 Å². The van der Waals surface area contributed by atoms with Crippen molar-refractivity contribution in [2.45, 2.75) is 26.4 Å². The fourth-order valence-electron chi connectivity index (χ4n) is 4.33. The average Bonchev–Trinajstić information content (AvgIpc) is 3.32. The van der Waals surface area contributed by atoms with E-state index < -0.39 is 11.7 Å². The molecule has 0 bridgehead atoms. The fraction of sp³-hybridized carbons (Fsp3) is 0.167. The molecular formula is C30H27N3O5. The van der Waals surface area contributed by atoms with Crippen molar-refractivity contribution < 1.29 is 19.4 Å². The first-order chi connectivity index (χ1) is 18.5. The van der Waals surface area contributed by atoms with Crippen LogP contribution in [0.4, 0.5) is 0 Å². The fourth-order valence-corrected chi connectivity index (χ4v) is 4.33. The first-order valence-corrected chi connectivity index (χ1v) is 12.3. The lowest BCUT2D eigenvalue weighted by atomic mass is 10.1. The summed E-state index contributed by atoms with van der Waals surface area (Å²) < 4.78 is 13.6. The van der Waals surface area contributed by atoms with Gasteiger partial charge in [0, 0.05) is 6.07 Å². The van der Waals surface area contributed by atoms with Crippen LogP contribution >= 0.6 is 0 Å². The van der Waals surface area contributed by atoms with Gasteiger partial charge in [0.15, 0.2) is 5.82 Å². The van der Waals surface area contributed by atoms with Gasteiger partial charge in [0.2, 0.25) is 0 Å². The van der Waals surface area contributed by atoms with E-state index >= 15 is 0 Å². The number of nitrogens with zero attached hydrogens (tertiary/aromatic N) is 2. The van der Waals surface area contributed by atoms with Gasteiger partial charge >= 0.3 is 11.7 Å². The van der Waals surface area contributed by atoms with Crippen LogP contribution in [-0.4, -0.2) is 32.4 Å². The maximum Gasteiger partial charge on any atom is 0.348 e. The molecule has 1 aromatic heterocycles. The summed E-state index contributed by atoms with van der Waals surface area (Å²) in [4.78, 5) is 25.2. The van der Waals surface area contributed by atoms with E-state index in [9.17, 15) is 14.7 Å². The van der Waals surface area contributed by atoms with Crippen molar-refractivity contribution in [3.8, 4) is 28.6 Å². The minimum Gasteiger partial charge on any atom is -0.488 e. The number of aromatic nitrogens is 3. The van der Waals surface area contributed by atoms with Crippen molar-refractivity contribution in [3.05, 3.63) is 118 Å². The summed E-state index contributed by atoms with van der Waals surface area (Å²) in [7, 11) is 0. The number of rotatable bonds is 9. The number of H-pyrrole nitrogens is 1. The molecule has 0 fully saturated rings. The summed E-state index contributed by atoms with van der Waals surface area (Å²) in [5.74, 6) is -0.413. The van der Waals surface area contributed by atoms with Crippen LogP contribution in [0.3, 0.4) is 0 Å². The number of nitrogens with one attached hydrogen (secondary N) is 1. The molecule has 0 aliphatic heterocycles. The van der Waals surface area contributed by atoms with E-state index in [1.54, 1.807) is 12.1 Å². The number of carboxylic acids is 1. The SMILES string of the molecule is Cc1ccccc1-n1c(-c2cc(C(=O)O)c(OCC3=CCCC=C3)cc2OCc2ccccc2)n[nH]c1=O. The molecule has 1 aliphatic rings. The Kier molecular flexibility index (Phi) is 7.21. The Morgan fingerprint density at radius 3 is 2.50 bits per heavy atom. The van der Waals surface area contributed by atoms with Gasteiger partial charge in [-0.2, -0.15) is 5.10 Å². The molecule has 0 atom stereocenters. The molecule has 3 aromatic carbocycles. The Morgan fingerprint density at radius 2 is 1.76 bits per heavy atom. The van der Waals surface area contributed by atoms with Crippen LogP contribution in [-0.2, 0) is 6.61 Å². The molecule has 0 spiro atoms. The minimum atomic E-state index is -1.16. The molecule has 2 N–H and O–H groups in total. The maximum atomic E-state index is 12.9. The Bertz CT molecular complexity index is 1580. The van der Waals surface area contributed by atoms with E-state index in [1.165, 1.54) is 10.6 Å². The zero-order valence-corrected chi connectivity index (χ0v) is 20.9. The van der Waals surface area contributed by atoms with Crippen LogP contribution in [0.15, 0.2) is 95.3 Å². The molecule has 8 nitrogen and oxygen atoms in total. The Balaban J connectivity index is 1.62. The first kappa shape index (κ1) is 24.8. The van der Waals surface area contributed by atoms with Crippen molar-refractivity contribution in [1.29, 1.82) is 0 Å². The van der Waals surface area contributed by atoms with Crippen molar-refractivity contribution in [3.63, 3.8) is 0 Å². The Morgan fingerprint density at radius 1 is 1.00 bits per heavy atom. The lowest BCUT2D eigenvalue weighted by Gasteiger charge is -2.17. The molecule has 8 heteroatoms. The van der Waals surface area contributed by atoms with Crippen LogP contribution in [0.5, 0.6) is 11.5 Å². The number of benzene rings is 3. The summed E-state index contributed by atoms with van der Waals surface area (Å²) in [6.45, 7) is 2.34. The smallest absolute Gasteiger partial charge is 0.348 e. The summed E-state index contributed by atoms with van der Waals surface area (Å²) in [6.07, 6.45) is 8.02. The van der Waals surface area contributed by atoms with Gasteiger partial charge in [0.25, 0.3) is 0 Å². The number of aromatic carboxylic acids is 1. The highest BCUT2D eigenvalue weighted by molar-refractivity contribution is 5.93. The van der Waals surface area contributed by atoms with Crippen LogP contribution < -0.4 is 15.2 Å².